The van der Waals surface area contributed by atoms with Gasteiger partial charge < -0.3 is 10.0 Å². The molecule has 0 radical (unpaired) electrons. The van der Waals surface area contributed by atoms with Gasteiger partial charge in [-0.1, -0.05) is 13.3 Å². The van der Waals surface area contributed by atoms with Gasteiger partial charge in [-0.2, -0.15) is 0 Å². The minimum atomic E-state index is 0.0802. The molecule has 0 aliphatic carbocycles. The van der Waals surface area contributed by atoms with Gasteiger partial charge in [-0.25, -0.2) is 0 Å². The summed E-state index contributed by atoms with van der Waals surface area (Å²) in [5.74, 6) is 0.885. The molecule has 2 rings (SSSR count). The molecule has 0 unspecified atom stereocenters. The Morgan fingerprint density at radius 1 is 1.44 bits per heavy atom. The molecule has 0 saturated carbocycles. The summed E-state index contributed by atoms with van der Waals surface area (Å²) in [6, 6.07) is 2.01. The zero-order valence-corrected chi connectivity index (χ0v) is 9.89. The highest BCUT2D eigenvalue weighted by atomic mass is 16.3. The summed E-state index contributed by atoms with van der Waals surface area (Å²) < 4.78 is 0. The highest BCUT2D eigenvalue weighted by Gasteiger charge is 2.19. The second kappa shape index (κ2) is 5.30. The number of hydrogen-bond donors (Lipinski definition) is 1. The zero-order chi connectivity index (χ0) is 11.4. The number of anilines is 1. The van der Waals surface area contributed by atoms with Crippen LogP contribution in [0.3, 0.4) is 0 Å². The molecule has 1 aliphatic rings. The minimum absolute atomic E-state index is 0.0802. The average molecular weight is 220 g/mol. The fourth-order valence-electron chi connectivity index (χ4n) is 2.43. The predicted octanol–water partition coefficient (Wildman–Crippen LogP) is 2.20. The van der Waals surface area contributed by atoms with Crippen molar-refractivity contribution in [1.29, 1.82) is 0 Å². The molecule has 0 aromatic carbocycles. The van der Waals surface area contributed by atoms with E-state index in [1.807, 2.05) is 6.07 Å². The predicted molar refractivity (Wildman–Crippen MR) is 65.4 cm³/mol. The summed E-state index contributed by atoms with van der Waals surface area (Å²) in [7, 11) is 0. The normalized spacial score (nSPS) is 17.8. The van der Waals surface area contributed by atoms with Crippen molar-refractivity contribution in [2.24, 2.45) is 5.92 Å². The van der Waals surface area contributed by atoms with Crippen LogP contribution in [0.1, 0.15) is 31.7 Å². The fraction of sp³-hybridized carbons (Fsp3) is 0.615. The number of hydrogen-bond acceptors (Lipinski definition) is 3. The van der Waals surface area contributed by atoms with Crippen molar-refractivity contribution in [3.63, 3.8) is 0 Å². The maximum Gasteiger partial charge on any atom is 0.0717 e. The number of aromatic nitrogens is 1. The van der Waals surface area contributed by atoms with Crippen molar-refractivity contribution in [3.8, 4) is 0 Å². The van der Waals surface area contributed by atoms with Gasteiger partial charge in [0.15, 0.2) is 0 Å². The maximum absolute atomic E-state index is 9.28. The van der Waals surface area contributed by atoms with Gasteiger partial charge in [-0.15, -0.1) is 0 Å². The lowest BCUT2D eigenvalue weighted by atomic mass is 9.94. The van der Waals surface area contributed by atoms with E-state index in [1.165, 1.54) is 19.3 Å². The van der Waals surface area contributed by atoms with E-state index in [-0.39, 0.29) is 6.61 Å². The second-order valence-electron chi connectivity index (χ2n) is 4.50. The Bertz CT molecular complexity index is 332. The first-order chi connectivity index (χ1) is 7.85. The monoisotopic (exact) mass is 220 g/mol. The third kappa shape index (κ3) is 2.35. The molecule has 1 N–H and O–H groups in total. The van der Waals surface area contributed by atoms with Gasteiger partial charge in [-0.3, -0.25) is 4.98 Å². The lowest BCUT2D eigenvalue weighted by molar-refractivity contribution is 0.281. The van der Waals surface area contributed by atoms with E-state index in [4.69, 9.17) is 0 Å². The van der Waals surface area contributed by atoms with E-state index in [0.717, 1.165) is 30.3 Å². The van der Waals surface area contributed by atoms with E-state index < -0.39 is 0 Å². The molecule has 88 valence electrons. The first kappa shape index (κ1) is 11.4. The smallest absolute Gasteiger partial charge is 0.0717 e. The van der Waals surface area contributed by atoms with Crippen LogP contribution < -0.4 is 4.90 Å². The second-order valence-corrected chi connectivity index (χ2v) is 4.50. The maximum atomic E-state index is 9.28. The van der Waals surface area contributed by atoms with Gasteiger partial charge in [-0.05, 0) is 24.8 Å². The highest BCUT2D eigenvalue weighted by Crippen LogP contribution is 2.26. The summed E-state index contributed by atoms with van der Waals surface area (Å²) in [6.07, 6.45) is 7.39. The van der Waals surface area contributed by atoms with Crippen LogP contribution in [0.5, 0.6) is 0 Å². The van der Waals surface area contributed by atoms with Gasteiger partial charge in [0.25, 0.3) is 0 Å². The third-order valence-electron chi connectivity index (χ3n) is 3.58. The van der Waals surface area contributed by atoms with Crippen molar-refractivity contribution in [3.05, 3.63) is 24.0 Å². The van der Waals surface area contributed by atoms with Crippen LogP contribution in [0, 0.1) is 5.92 Å². The number of aliphatic hydroxyl groups is 1. The van der Waals surface area contributed by atoms with E-state index in [9.17, 15) is 5.11 Å². The number of rotatable bonds is 3. The van der Waals surface area contributed by atoms with Crippen molar-refractivity contribution in [2.45, 2.75) is 32.8 Å². The van der Waals surface area contributed by atoms with Crippen LogP contribution in [0.25, 0.3) is 0 Å². The Hall–Kier alpha value is -1.09. The van der Waals surface area contributed by atoms with E-state index >= 15 is 0 Å². The van der Waals surface area contributed by atoms with Crippen LogP contribution >= 0.6 is 0 Å². The molecule has 1 aliphatic heterocycles. The summed E-state index contributed by atoms with van der Waals surface area (Å²) in [4.78, 5) is 6.43. The highest BCUT2D eigenvalue weighted by molar-refractivity contribution is 5.52. The van der Waals surface area contributed by atoms with Crippen molar-refractivity contribution >= 4 is 5.69 Å². The summed E-state index contributed by atoms with van der Waals surface area (Å²) in [5.41, 5.74) is 2.10. The van der Waals surface area contributed by atoms with E-state index in [1.54, 1.807) is 12.4 Å². The molecular formula is C13H20N2O. The molecule has 1 fully saturated rings. The molecule has 0 amide bonds. The zero-order valence-electron chi connectivity index (χ0n) is 9.89. The van der Waals surface area contributed by atoms with E-state index in [2.05, 4.69) is 16.8 Å². The minimum Gasteiger partial charge on any atom is -0.392 e. The SMILES string of the molecule is CCC1CCN(c2ccncc2CO)CC1. The molecule has 3 heteroatoms. The quantitative estimate of drug-likeness (QED) is 0.848. The lowest BCUT2D eigenvalue weighted by Gasteiger charge is -2.34. The number of pyridine rings is 1. The molecule has 2 heterocycles. The largest absolute Gasteiger partial charge is 0.392 e. The lowest BCUT2D eigenvalue weighted by Crippen LogP contribution is -2.34. The molecule has 16 heavy (non-hydrogen) atoms. The molecule has 0 atom stereocenters. The van der Waals surface area contributed by atoms with Crippen LogP contribution in [-0.4, -0.2) is 23.2 Å². The van der Waals surface area contributed by atoms with Crippen LogP contribution in [0.15, 0.2) is 18.5 Å². The van der Waals surface area contributed by atoms with Gasteiger partial charge in [0.1, 0.15) is 0 Å². The first-order valence-corrected chi connectivity index (χ1v) is 6.13. The topological polar surface area (TPSA) is 36.4 Å². The number of piperidine rings is 1. The van der Waals surface area contributed by atoms with Crippen LogP contribution in [0.4, 0.5) is 5.69 Å². The number of nitrogens with zero attached hydrogens (tertiary/aromatic N) is 2. The Morgan fingerprint density at radius 2 is 2.19 bits per heavy atom. The summed E-state index contributed by atoms with van der Waals surface area (Å²) >= 11 is 0. The molecular weight excluding hydrogens is 200 g/mol. The van der Waals surface area contributed by atoms with Crippen molar-refractivity contribution in [1.82, 2.24) is 4.98 Å². The van der Waals surface area contributed by atoms with Crippen LogP contribution in [0.2, 0.25) is 0 Å². The first-order valence-electron chi connectivity index (χ1n) is 6.13. The molecule has 1 aromatic rings. The van der Waals surface area contributed by atoms with Crippen molar-refractivity contribution < 1.29 is 5.11 Å². The molecule has 3 nitrogen and oxygen atoms in total. The van der Waals surface area contributed by atoms with Gasteiger partial charge in [0.2, 0.25) is 0 Å². The third-order valence-corrected chi connectivity index (χ3v) is 3.58. The van der Waals surface area contributed by atoms with Gasteiger partial charge in [0.05, 0.1) is 6.61 Å². The summed E-state index contributed by atoms with van der Waals surface area (Å²) in [5, 5.41) is 9.28. The molecule has 0 bridgehead atoms. The Balaban J connectivity index is 2.07. The molecule has 1 saturated heterocycles. The van der Waals surface area contributed by atoms with Gasteiger partial charge in [0, 0.05) is 36.7 Å². The Labute approximate surface area is 97.1 Å². The molecule has 1 aromatic heterocycles. The van der Waals surface area contributed by atoms with Crippen LogP contribution in [-0.2, 0) is 6.61 Å². The van der Waals surface area contributed by atoms with Crippen molar-refractivity contribution in [2.75, 3.05) is 18.0 Å². The summed E-state index contributed by atoms with van der Waals surface area (Å²) in [6.45, 7) is 4.56. The number of aliphatic hydroxyl groups excluding tert-OH is 1. The fourth-order valence-corrected chi connectivity index (χ4v) is 2.43. The van der Waals surface area contributed by atoms with E-state index in [0.29, 0.717) is 0 Å². The molecule has 0 spiro atoms. The Kier molecular flexibility index (Phi) is 3.78. The standard InChI is InChI=1S/C13H20N2O/c1-2-11-4-7-15(8-5-11)13-3-6-14-9-12(13)10-16/h3,6,9,11,16H,2,4-5,7-8,10H2,1H3. The van der Waals surface area contributed by atoms with Gasteiger partial charge >= 0.3 is 0 Å². The Morgan fingerprint density at radius 3 is 2.81 bits per heavy atom. The average Bonchev–Trinajstić information content (AvgIpc) is 2.39.